The zero-order valence-electron chi connectivity index (χ0n) is 13.3. The number of carbonyl (C=O) groups is 1. The molecule has 1 aliphatic rings. The summed E-state index contributed by atoms with van der Waals surface area (Å²) in [7, 11) is 0. The Labute approximate surface area is 152 Å². The summed E-state index contributed by atoms with van der Waals surface area (Å²) in [5, 5.41) is 4.26. The Kier molecular flexibility index (Phi) is 4.86. The van der Waals surface area contributed by atoms with Gasteiger partial charge in [-0.15, -0.1) is 0 Å². The minimum absolute atomic E-state index is 0.141. The van der Waals surface area contributed by atoms with E-state index in [0.717, 1.165) is 5.56 Å². The fourth-order valence-electron chi connectivity index (χ4n) is 2.37. The Morgan fingerprint density at radius 2 is 1.77 bits per heavy atom. The summed E-state index contributed by atoms with van der Waals surface area (Å²) in [6, 6.07) is 11.9. The van der Waals surface area contributed by atoms with Crippen LogP contribution in [0.4, 0.5) is 18.0 Å². The minimum Gasteiger partial charge on any atom is -0.424 e. The normalized spacial score (nSPS) is 18.5. The molecule has 0 saturated carbocycles. The maximum absolute atomic E-state index is 13.5. The molecule has 0 fully saturated rings. The lowest BCUT2D eigenvalue weighted by atomic mass is 10.1. The Hall–Kier alpha value is -2.61. The monoisotopic (exact) mass is 386 g/mol. The van der Waals surface area contributed by atoms with E-state index in [2.05, 4.69) is 5.32 Å². The van der Waals surface area contributed by atoms with Crippen LogP contribution in [0.1, 0.15) is 5.56 Å². The number of nitrogens with one attached hydrogen (secondary N) is 2. The molecule has 0 aromatic heterocycles. The fraction of sp³-hybridized carbons (Fsp3) is 0.235. The third-order valence-electron chi connectivity index (χ3n) is 3.61. The standard InChI is InChI=1S/C17H14ClF3N2O3/c18-12-6-7-13-14(10-12)26-17(25-13,16(19,20)21)23-15(24)22-9-8-11-4-2-1-3-5-11/h1-7,10H,8-9H2,(H2,22,23,24)/t17-/m0/s1. The topological polar surface area (TPSA) is 59.6 Å². The van der Waals surface area contributed by atoms with Crippen molar-refractivity contribution < 1.29 is 27.4 Å². The number of benzene rings is 2. The Bertz CT molecular complexity index is 802. The van der Waals surface area contributed by atoms with Crippen molar-refractivity contribution in [1.82, 2.24) is 10.6 Å². The van der Waals surface area contributed by atoms with E-state index in [4.69, 9.17) is 21.1 Å². The first-order chi connectivity index (χ1) is 12.3. The van der Waals surface area contributed by atoms with E-state index in [1.54, 1.807) is 5.32 Å². The van der Waals surface area contributed by atoms with Crippen LogP contribution in [0.2, 0.25) is 5.02 Å². The van der Waals surface area contributed by atoms with Gasteiger partial charge in [0.05, 0.1) is 0 Å². The van der Waals surface area contributed by atoms with Gasteiger partial charge in [0.15, 0.2) is 11.5 Å². The highest BCUT2D eigenvalue weighted by atomic mass is 35.5. The van der Waals surface area contributed by atoms with E-state index in [9.17, 15) is 18.0 Å². The molecule has 1 aliphatic heterocycles. The Morgan fingerprint density at radius 3 is 2.46 bits per heavy atom. The zero-order valence-corrected chi connectivity index (χ0v) is 14.0. The van der Waals surface area contributed by atoms with Crippen molar-refractivity contribution in [2.24, 2.45) is 0 Å². The summed E-state index contributed by atoms with van der Waals surface area (Å²) in [5.74, 6) is -3.69. The van der Waals surface area contributed by atoms with Crippen LogP contribution in [-0.4, -0.2) is 24.7 Å². The first-order valence-electron chi connectivity index (χ1n) is 7.63. The van der Waals surface area contributed by atoms with E-state index in [1.165, 1.54) is 18.2 Å². The number of hydrogen-bond donors (Lipinski definition) is 2. The molecule has 0 aliphatic carbocycles. The van der Waals surface area contributed by atoms with Crippen LogP contribution in [0.25, 0.3) is 0 Å². The second-order valence-corrected chi connectivity index (χ2v) is 5.96. The minimum atomic E-state index is -5.02. The van der Waals surface area contributed by atoms with Gasteiger partial charge in [-0.2, -0.15) is 13.2 Å². The largest absolute Gasteiger partial charge is 0.492 e. The van der Waals surface area contributed by atoms with Crippen molar-refractivity contribution in [3.05, 3.63) is 59.1 Å². The molecule has 2 N–H and O–H groups in total. The van der Waals surface area contributed by atoms with E-state index in [0.29, 0.717) is 6.42 Å². The summed E-state index contributed by atoms with van der Waals surface area (Å²) >= 11 is 5.75. The smallest absolute Gasteiger partial charge is 0.424 e. The summed E-state index contributed by atoms with van der Waals surface area (Å²) in [5.41, 5.74) is 0.939. The quantitative estimate of drug-likeness (QED) is 0.838. The second-order valence-electron chi connectivity index (χ2n) is 5.53. The molecule has 0 bridgehead atoms. The van der Waals surface area contributed by atoms with Gasteiger partial charge in [-0.1, -0.05) is 41.9 Å². The first-order valence-corrected chi connectivity index (χ1v) is 8.01. The number of amides is 2. The van der Waals surface area contributed by atoms with E-state index in [1.807, 2.05) is 30.3 Å². The number of alkyl halides is 3. The highest BCUT2D eigenvalue weighted by molar-refractivity contribution is 6.30. The van der Waals surface area contributed by atoms with Crippen molar-refractivity contribution in [3.63, 3.8) is 0 Å². The number of carbonyl (C=O) groups excluding carboxylic acids is 1. The van der Waals surface area contributed by atoms with Gasteiger partial charge in [0.1, 0.15) is 0 Å². The maximum Gasteiger partial charge on any atom is 0.492 e. The van der Waals surface area contributed by atoms with Crippen LogP contribution in [-0.2, 0) is 6.42 Å². The van der Waals surface area contributed by atoms with Crippen LogP contribution in [0, 0.1) is 0 Å². The van der Waals surface area contributed by atoms with E-state index < -0.39 is 18.1 Å². The van der Waals surface area contributed by atoms with Crippen molar-refractivity contribution in [2.75, 3.05) is 6.54 Å². The SMILES string of the molecule is O=C(NCCc1ccccc1)N[C@@]1(C(F)(F)F)Oc2ccc(Cl)cc2O1. The van der Waals surface area contributed by atoms with Crippen molar-refractivity contribution in [1.29, 1.82) is 0 Å². The molecule has 5 nitrogen and oxygen atoms in total. The summed E-state index contributed by atoms with van der Waals surface area (Å²) < 4.78 is 50.3. The highest BCUT2D eigenvalue weighted by Gasteiger charge is 2.65. The zero-order chi connectivity index (χ0) is 18.8. The van der Waals surface area contributed by atoms with Crippen LogP contribution >= 0.6 is 11.6 Å². The van der Waals surface area contributed by atoms with Gasteiger partial charge in [0, 0.05) is 17.6 Å². The van der Waals surface area contributed by atoms with Crippen molar-refractivity contribution in [3.8, 4) is 11.5 Å². The molecule has 1 heterocycles. The average Bonchev–Trinajstić information content (AvgIpc) is 2.94. The summed E-state index contributed by atoms with van der Waals surface area (Å²) in [6.07, 6.45) is -4.56. The third-order valence-corrected chi connectivity index (χ3v) is 3.84. The predicted molar refractivity (Wildman–Crippen MR) is 88.2 cm³/mol. The highest BCUT2D eigenvalue weighted by Crippen LogP contribution is 2.45. The van der Waals surface area contributed by atoms with Gasteiger partial charge in [0.2, 0.25) is 0 Å². The van der Waals surface area contributed by atoms with Crippen molar-refractivity contribution >= 4 is 17.6 Å². The molecule has 26 heavy (non-hydrogen) atoms. The molecule has 0 unspecified atom stereocenters. The number of hydrogen-bond acceptors (Lipinski definition) is 3. The summed E-state index contributed by atoms with van der Waals surface area (Å²) in [6.45, 7) is 0.141. The molecule has 9 heteroatoms. The van der Waals surface area contributed by atoms with Gasteiger partial charge in [-0.3, -0.25) is 5.32 Å². The van der Waals surface area contributed by atoms with E-state index in [-0.39, 0.29) is 23.1 Å². The molecule has 0 radical (unpaired) electrons. The van der Waals surface area contributed by atoms with Gasteiger partial charge in [0.25, 0.3) is 0 Å². The molecular weight excluding hydrogens is 373 g/mol. The average molecular weight is 387 g/mol. The third kappa shape index (κ3) is 3.80. The summed E-state index contributed by atoms with van der Waals surface area (Å²) in [4.78, 5) is 12.0. The number of halogens is 4. The molecule has 138 valence electrons. The first kappa shape index (κ1) is 18.2. The van der Waals surface area contributed by atoms with Gasteiger partial charge >= 0.3 is 18.1 Å². The van der Waals surface area contributed by atoms with Crippen LogP contribution < -0.4 is 20.1 Å². The molecule has 0 saturated heterocycles. The molecule has 3 rings (SSSR count). The van der Waals surface area contributed by atoms with Gasteiger partial charge in [-0.05, 0) is 24.1 Å². The number of rotatable bonds is 4. The molecule has 2 amide bonds. The predicted octanol–water partition coefficient (Wildman–Crippen LogP) is 3.87. The molecule has 0 spiro atoms. The van der Waals surface area contributed by atoms with Crippen LogP contribution in [0.15, 0.2) is 48.5 Å². The number of fused-ring (bicyclic) bond motifs is 1. The second kappa shape index (κ2) is 6.95. The lowest BCUT2D eigenvalue weighted by Crippen LogP contribution is -2.66. The molecule has 2 aromatic rings. The van der Waals surface area contributed by atoms with Crippen LogP contribution in [0.5, 0.6) is 11.5 Å². The van der Waals surface area contributed by atoms with Crippen LogP contribution in [0.3, 0.4) is 0 Å². The number of ether oxygens (including phenoxy) is 2. The number of urea groups is 1. The van der Waals surface area contributed by atoms with E-state index >= 15 is 0 Å². The Morgan fingerprint density at radius 1 is 1.08 bits per heavy atom. The Balaban J connectivity index is 1.65. The molecule has 2 aromatic carbocycles. The van der Waals surface area contributed by atoms with Crippen molar-refractivity contribution in [2.45, 2.75) is 18.5 Å². The molecule has 1 atom stereocenters. The van der Waals surface area contributed by atoms with Gasteiger partial charge in [-0.25, -0.2) is 4.79 Å². The maximum atomic E-state index is 13.5. The lowest BCUT2D eigenvalue weighted by molar-refractivity contribution is -0.317. The van der Waals surface area contributed by atoms with Gasteiger partial charge < -0.3 is 14.8 Å². The fourth-order valence-corrected chi connectivity index (χ4v) is 2.53. The molecular formula is C17H14ClF3N2O3. The lowest BCUT2D eigenvalue weighted by Gasteiger charge is -2.29.